The van der Waals surface area contributed by atoms with Crippen molar-refractivity contribution in [2.24, 2.45) is 11.7 Å². The first-order chi connectivity index (χ1) is 7.00. The third kappa shape index (κ3) is 3.80. The molecule has 1 fully saturated rings. The third-order valence-corrected chi connectivity index (χ3v) is 3.10. The van der Waals surface area contributed by atoms with Crippen molar-refractivity contribution >= 4 is 5.91 Å². The summed E-state index contributed by atoms with van der Waals surface area (Å²) in [5.41, 5.74) is 5.92. The van der Waals surface area contributed by atoms with Gasteiger partial charge in [-0.3, -0.25) is 4.79 Å². The predicted octanol–water partition coefficient (Wildman–Crippen LogP) is 0.134. The summed E-state index contributed by atoms with van der Waals surface area (Å²) in [6, 6.07) is 0.267. The summed E-state index contributed by atoms with van der Waals surface area (Å²) < 4.78 is 0. The Labute approximate surface area is 92.4 Å². The maximum Gasteiger partial charge on any atom is 0.223 e. The van der Waals surface area contributed by atoms with Crippen LogP contribution in [0.15, 0.2) is 0 Å². The molecule has 0 aliphatic carbocycles. The van der Waals surface area contributed by atoms with Crippen molar-refractivity contribution < 1.29 is 4.79 Å². The summed E-state index contributed by atoms with van der Waals surface area (Å²) in [4.78, 5) is 15.8. The number of amides is 1. The Morgan fingerprint density at radius 2 is 2.20 bits per heavy atom. The number of carbonyl (C=O) groups excluding carboxylic acids is 1. The van der Waals surface area contributed by atoms with E-state index in [0.29, 0.717) is 12.3 Å². The highest BCUT2D eigenvalue weighted by Gasteiger charge is 2.25. The van der Waals surface area contributed by atoms with E-state index in [1.54, 1.807) is 0 Å². The molecule has 0 saturated carbocycles. The van der Waals surface area contributed by atoms with E-state index in [0.717, 1.165) is 26.1 Å². The number of nitrogens with zero attached hydrogens (tertiary/aromatic N) is 2. The highest BCUT2D eigenvalue weighted by molar-refractivity contribution is 5.76. The molecule has 88 valence electrons. The molecule has 0 bridgehead atoms. The lowest BCUT2D eigenvalue weighted by Crippen LogP contribution is -2.48. The second-order valence-corrected chi connectivity index (χ2v) is 4.82. The first kappa shape index (κ1) is 12.5. The molecule has 1 aliphatic heterocycles. The molecule has 4 heteroatoms. The highest BCUT2D eigenvalue weighted by Crippen LogP contribution is 2.15. The summed E-state index contributed by atoms with van der Waals surface area (Å²) in [5, 5.41) is 0. The second kappa shape index (κ2) is 5.47. The molecule has 0 radical (unpaired) electrons. The van der Waals surface area contributed by atoms with Gasteiger partial charge in [0, 0.05) is 32.1 Å². The Kier molecular flexibility index (Phi) is 4.54. The van der Waals surface area contributed by atoms with Gasteiger partial charge in [0.1, 0.15) is 0 Å². The van der Waals surface area contributed by atoms with Gasteiger partial charge in [0.2, 0.25) is 5.91 Å². The van der Waals surface area contributed by atoms with Crippen LogP contribution in [0.1, 0.15) is 19.8 Å². The van der Waals surface area contributed by atoms with Crippen LogP contribution in [0, 0.1) is 5.92 Å². The predicted molar refractivity (Wildman–Crippen MR) is 61.5 cm³/mol. The molecule has 15 heavy (non-hydrogen) atoms. The topological polar surface area (TPSA) is 49.6 Å². The van der Waals surface area contributed by atoms with Gasteiger partial charge in [0.25, 0.3) is 0 Å². The summed E-state index contributed by atoms with van der Waals surface area (Å²) in [6.45, 7) is 4.61. The number of hydrogen-bond donors (Lipinski definition) is 1. The fraction of sp³-hybridized carbons (Fsp3) is 0.909. The lowest BCUT2D eigenvalue weighted by molar-refractivity contribution is -0.133. The number of nitrogens with two attached hydrogens (primary N) is 1. The lowest BCUT2D eigenvalue weighted by atomic mass is 9.94. The average Bonchev–Trinajstić information content (AvgIpc) is 2.18. The van der Waals surface area contributed by atoms with Gasteiger partial charge < -0.3 is 15.5 Å². The van der Waals surface area contributed by atoms with Gasteiger partial charge >= 0.3 is 0 Å². The fourth-order valence-corrected chi connectivity index (χ4v) is 1.87. The maximum atomic E-state index is 11.8. The van der Waals surface area contributed by atoms with Gasteiger partial charge in [0.15, 0.2) is 0 Å². The fourth-order valence-electron chi connectivity index (χ4n) is 1.87. The number of carbonyl (C=O) groups is 1. The molecule has 4 nitrogen and oxygen atoms in total. The first-order valence-electron chi connectivity index (χ1n) is 5.68. The van der Waals surface area contributed by atoms with Crippen LogP contribution in [0.2, 0.25) is 0 Å². The van der Waals surface area contributed by atoms with Crippen molar-refractivity contribution in [3.8, 4) is 0 Å². The van der Waals surface area contributed by atoms with Crippen molar-refractivity contribution in [2.45, 2.75) is 25.8 Å². The van der Waals surface area contributed by atoms with Crippen molar-refractivity contribution in [1.29, 1.82) is 0 Å². The minimum Gasteiger partial charge on any atom is -0.342 e. The Morgan fingerprint density at radius 1 is 1.53 bits per heavy atom. The van der Waals surface area contributed by atoms with Gasteiger partial charge in [-0.2, -0.15) is 0 Å². The highest BCUT2D eigenvalue weighted by atomic mass is 16.2. The van der Waals surface area contributed by atoms with E-state index in [1.165, 1.54) is 0 Å². The van der Waals surface area contributed by atoms with Crippen LogP contribution in [0.25, 0.3) is 0 Å². The van der Waals surface area contributed by atoms with Crippen molar-refractivity contribution in [2.75, 3.05) is 33.7 Å². The molecule has 1 saturated heterocycles. The molecular formula is C11H23N3O. The quantitative estimate of drug-likeness (QED) is 0.725. The van der Waals surface area contributed by atoms with Crippen LogP contribution in [0.3, 0.4) is 0 Å². The molecule has 2 N–H and O–H groups in total. The van der Waals surface area contributed by atoms with Crippen LogP contribution >= 0.6 is 0 Å². The van der Waals surface area contributed by atoms with Crippen LogP contribution in [-0.4, -0.2) is 55.5 Å². The van der Waals surface area contributed by atoms with E-state index in [9.17, 15) is 4.79 Å². The number of likely N-dealkylation sites (tertiary alicyclic amines) is 1. The zero-order valence-electron chi connectivity index (χ0n) is 10.1. The third-order valence-electron chi connectivity index (χ3n) is 3.10. The van der Waals surface area contributed by atoms with Crippen LogP contribution in [-0.2, 0) is 4.79 Å². The monoisotopic (exact) mass is 213 g/mol. The van der Waals surface area contributed by atoms with Crippen LogP contribution in [0.4, 0.5) is 0 Å². The van der Waals surface area contributed by atoms with E-state index in [-0.39, 0.29) is 11.9 Å². The number of rotatable bonds is 3. The van der Waals surface area contributed by atoms with E-state index >= 15 is 0 Å². The Balaban J connectivity index is 2.34. The van der Waals surface area contributed by atoms with Crippen molar-refractivity contribution in [3.05, 3.63) is 0 Å². The molecule has 1 heterocycles. The van der Waals surface area contributed by atoms with E-state index in [1.807, 2.05) is 23.9 Å². The molecule has 1 rings (SSSR count). The molecule has 0 spiro atoms. The van der Waals surface area contributed by atoms with Gasteiger partial charge in [0.05, 0.1) is 0 Å². The minimum atomic E-state index is 0.266. The average molecular weight is 213 g/mol. The molecule has 0 aromatic rings. The van der Waals surface area contributed by atoms with Crippen molar-refractivity contribution in [3.63, 3.8) is 0 Å². The summed E-state index contributed by atoms with van der Waals surface area (Å²) >= 11 is 0. The van der Waals surface area contributed by atoms with Crippen LogP contribution in [0.5, 0.6) is 0 Å². The zero-order chi connectivity index (χ0) is 11.4. The summed E-state index contributed by atoms with van der Waals surface area (Å²) in [7, 11) is 3.98. The first-order valence-corrected chi connectivity index (χ1v) is 5.68. The Morgan fingerprint density at radius 3 is 2.73 bits per heavy atom. The molecule has 1 aliphatic rings. The zero-order valence-corrected chi connectivity index (χ0v) is 10.1. The van der Waals surface area contributed by atoms with Gasteiger partial charge in [-0.15, -0.1) is 0 Å². The minimum absolute atomic E-state index is 0.266. The molecule has 1 amide bonds. The number of hydrogen-bond acceptors (Lipinski definition) is 3. The Bertz CT molecular complexity index is 218. The number of piperidine rings is 1. The van der Waals surface area contributed by atoms with Gasteiger partial charge in [-0.25, -0.2) is 0 Å². The van der Waals surface area contributed by atoms with E-state index in [4.69, 9.17) is 5.73 Å². The second-order valence-electron chi connectivity index (χ2n) is 4.82. The van der Waals surface area contributed by atoms with E-state index in [2.05, 4.69) is 6.92 Å². The normalized spacial score (nSPS) is 27.1. The molecular weight excluding hydrogens is 190 g/mol. The standard InChI is InChI=1S/C11H23N3O/c1-9-8-14(7-4-10(9)12)11(15)5-6-13(2)3/h9-10H,4-8,12H2,1-3H3. The smallest absolute Gasteiger partial charge is 0.223 e. The largest absolute Gasteiger partial charge is 0.342 e. The SMILES string of the molecule is CC1CN(C(=O)CCN(C)C)CCC1N. The molecule has 2 unspecified atom stereocenters. The summed E-state index contributed by atoms with van der Waals surface area (Å²) in [5.74, 6) is 0.699. The van der Waals surface area contributed by atoms with Crippen LogP contribution < -0.4 is 5.73 Å². The van der Waals surface area contributed by atoms with Gasteiger partial charge in [-0.05, 0) is 26.4 Å². The Hall–Kier alpha value is -0.610. The molecule has 2 atom stereocenters. The summed E-state index contributed by atoms with van der Waals surface area (Å²) in [6.07, 6.45) is 1.56. The molecule has 0 aromatic heterocycles. The molecule has 0 aromatic carbocycles. The van der Waals surface area contributed by atoms with Crippen molar-refractivity contribution in [1.82, 2.24) is 9.80 Å². The van der Waals surface area contributed by atoms with Gasteiger partial charge in [-0.1, -0.05) is 6.92 Å². The van der Waals surface area contributed by atoms with E-state index < -0.39 is 0 Å². The lowest BCUT2D eigenvalue weighted by Gasteiger charge is -2.35. The maximum absolute atomic E-state index is 11.8.